The molecule has 1 aliphatic carbocycles. The van der Waals surface area contributed by atoms with Crippen molar-refractivity contribution in [3.05, 3.63) is 22.9 Å². The van der Waals surface area contributed by atoms with E-state index in [4.69, 9.17) is 10.9 Å². The minimum atomic E-state index is 0.151. The maximum absolute atomic E-state index is 8.57. The fraction of sp³-hybridized carbons (Fsp3) is 0.455. The predicted molar refractivity (Wildman–Crippen MR) is 70.1 cm³/mol. The van der Waals surface area contributed by atoms with E-state index in [0.717, 1.165) is 29.5 Å². The number of halogens is 1. The Bertz CT molecular complexity index is 431. The molecule has 5 nitrogen and oxygen atoms in total. The molecule has 1 aromatic heterocycles. The van der Waals surface area contributed by atoms with E-state index < -0.39 is 0 Å². The zero-order valence-electron chi connectivity index (χ0n) is 9.36. The van der Waals surface area contributed by atoms with Gasteiger partial charge in [-0.25, -0.2) is 0 Å². The third-order valence-electron chi connectivity index (χ3n) is 3.01. The van der Waals surface area contributed by atoms with Crippen molar-refractivity contribution >= 4 is 27.5 Å². The summed E-state index contributed by atoms with van der Waals surface area (Å²) in [4.78, 5) is 4.08. The average molecular weight is 299 g/mol. The second-order valence-corrected chi connectivity index (χ2v) is 5.43. The molecule has 6 heteroatoms. The summed E-state index contributed by atoms with van der Waals surface area (Å²) in [5.74, 6) is 0.302. The van der Waals surface area contributed by atoms with E-state index in [1.165, 1.54) is 0 Å². The first kappa shape index (κ1) is 12.2. The van der Waals surface area contributed by atoms with Gasteiger partial charge in [0.05, 0.1) is 11.9 Å². The first-order valence-corrected chi connectivity index (χ1v) is 6.24. The lowest BCUT2D eigenvalue weighted by molar-refractivity contribution is 0.315. The molecule has 0 atom stereocenters. The highest BCUT2D eigenvalue weighted by molar-refractivity contribution is 9.10. The monoisotopic (exact) mass is 298 g/mol. The van der Waals surface area contributed by atoms with Gasteiger partial charge >= 0.3 is 0 Å². The van der Waals surface area contributed by atoms with Crippen LogP contribution in [0.2, 0.25) is 0 Å². The van der Waals surface area contributed by atoms with E-state index in [1.54, 1.807) is 12.4 Å². The average Bonchev–Trinajstić information content (AvgIpc) is 3.07. The van der Waals surface area contributed by atoms with Crippen LogP contribution in [0.5, 0.6) is 0 Å². The highest BCUT2D eigenvalue weighted by atomic mass is 79.9. The quantitative estimate of drug-likeness (QED) is 0.337. The molecule has 1 aromatic rings. The normalized spacial score (nSPS) is 17.8. The molecule has 1 saturated carbocycles. The Morgan fingerprint density at radius 3 is 2.94 bits per heavy atom. The van der Waals surface area contributed by atoms with Gasteiger partial charge in [0.1, 0.15) is 5.84 Å². The summed E-state index contributed by atoms with van der Waals surface area (Å²) in [6.45, 7) is 0.821. The van der Waals surface area contributed by atoms with Crippen LogP contribution in [-0.4, -0.2) is 22.6 Å². The van der Waals surface area contributed by atoms with E-state index >= 15 is 0 Å². The molecular formula is C11H15BrN4O. The number of anilines is 1. The van der Waals surface area contributed by atoms with Gasteiger partial charge in [0.15, 0.2) is 0 Å². The fourth-order valence-electron chi connectivity index (χ4n) is 1.81. The standard InChI is InChI=1S/C11H15BrN4O/c12-8-3-9(6-14-5-8)15-7-11(1-2-11)4-10(13)16-17/h3,5-6,15,17H,1-2,4,7H2,(H2,13,16). The van der Waals surface area contributed by atoms with Crippen molar-refractivity contribution in [3.8, 4) is 0 Å². The van der Waals surface area contributed by atoms with E-state index in [9.17, 15) is 0 Å². The fourth-order valence-corrected chi connectivity index (χ4v) is 2.18. The van der Waals surface area contributed by atoms with Gasteiger partial charge in [-0.05, 0) is 40.3 Å². The summed E-state index contributed by atoms with van der Waals surface area (Å²) in [5, 5.41) is 14.9. The molecule has 92 valence electrons. The number of oxime groups is 1. The van der Waals surface area contributed by atoms with Crippen LogP contribution in [0, 0.1) is 5.41 Å². The highest BCUT2D eigenvalue weighted by Crippen LogP contribution is 2.48. The molecule has 2 rings (SSSR count). The Morgan fingerprint density at radius 2 is 2.35 bits per heavy atom. The van der Waals surface area contributed by atoms with Crippen molar-refractivity contribution in [2.24, 2.45) is 16.3 Å². The van der Waals surface area contributed by atoms with Crippen molar-refractivity contribution in [2.75, 3.05) is 11.9 Å². The third kappa shape index (κ3) is 3.33. The summed E-state index contributed by atoms with van der Waals surface area (Å²) in [6.07, 6.45) is 6.38. The van der Waals surface area contributed by atoms with E-state index in [1.807, 2.05) is 6.07 Å². The number of nitrogens with one attached hydrogen (secondary N) is 1. The zero-order chi connectivity index (χ0) is 12.3. The van der Waals surface area contributed by atoms with Gasteiger partial charge in [-0.2, -0.15) is 0 Å². The maximum Gasteiger partial charge on any atom is 0.139 e. The lowest BCUT2D eigenvalue weighted by Gasteiger charge is -2.15. The van der Waals surface area contributed by atoms with Crippen molar-refractivity contribution in [1.82, 2.24) is 4.98 Å². The molecule has 0 saturated heterocycles. The number of hydrogen-bond acceptors (Lipinski definition) is 4. The molecule has 1 fully saturated rings. The molecule has 4 N–H and O–H groups in total. The largest absolute Gasteiger partial charge is 0.409 e. The van der Waals surface area contributed by atoms with Gasteiger partial charge in [0.2, 0.25) is 0 Å². The minimum Gasteiger partial charge on any atom is -0.409 e. The molecule has 0 aromatic carbocycles. The van der Waals surface area contributed by atoms with Gasteiger partial charge in [0.25, 0.3) is 0 Å². The Hall–Kier alpha value is -1.30. The van der Waals surface area contributed by atoms with Crippen LogP contribution in [0.25, 0.3) is 0 Å². The summed E-state index contributed by atoms with van der Waals surface area (Å²) >= 11 is 3.38. The van der Waals surface area contributed by atoms with Crippen molar-refractivity contribution in [2.45, 2.75) is 19.3 Å². The SMILES string of the molecule is N/C(CC1(CNc2cncc(Br)c2)CC1)=N/O. The van der Waals surface area contributed by atoms with Crippen LogP contribution in [0.15, 0.2) is 28.1 Å². The topological polar surface area (TPSA) is 83.5 Å². The number of amidine groups is 1. The number of aromatic nitrogens is 1. The summed E-state index contributed by atoms with van der Waals surface area (Å²) < 4.78 is 0.948. The molecule has 17 heavy (non-hydrogen) atoms. The predicted octanol–water partition coefficient (Wildman–Crippen LogP) is 2.17. The highest BCUT2D eigenvalue weighted by Gasteiger charge is 2.43. The Kier molecular flexibility index (Phi) is 3.51. The van der Waals surface area contributed by atoms with Crippen molar-refractivity contribution in [3.63, 3.8) is 0 Å². The van der Waals surface area contributed by atoms with Gasteiger partial charge in [-0.3, -0.25) is 4.98 Å². The number of pyridine rings is 1. The number of nitrogens with two attached hydrogens (primary N) is 1. The Morgan fingerprint density at radius 1 is 1.59 bits per heavy atom. The summed E-state index contributed by atoms with van der Waals surface area (Å²) in [7, 11) is 0. The molecule has 1 aliphatic rings. The Balaban J connectivity index is 1.90. The zero-order valence-corrected chi connectivity index (χ0v) is 10.9. The first-order chi connectivity index (χ1) is 8.13. The molecule has 1 heterocycles. The number of nitrogens with zero attached hydrogens (tertiary/aromatic N) is 2. The molecule has 0 amide bonds. The maximum atomic E-state index is 8.57. The van der Waals surface area contributed by atoms with E-state index in [2.05, 4.69) is 31.4 Å². The second-order valence-electron chi connectivity index (χ2n) is 4.51. The molecule has 0 bridgehead atoms. The summed E-state index contributed by atoms with van der Waals surface area (Å²) in [6, 6.07) is 1.98. The van der Waals surface area contributed by atoms with Crippen LogP contribution in [0.4, 0.5) is 5.69 Å². The molecule has 0 radical (unpaired) electrons. The second kappa shape index (κ2) is 4.91. The Labute approximate surface area is 108 Å². The van der Waals surface area contributed by atoms with Gasteiger partial charge in [-0.15, -0.1) is 0 Å². The van der Waals surface area contributed by atoms with Gasteiger partial charge in [-0.1, -0.05) is 5.16 Å². The third-order valence-corrected chi connectivity index (χ3v) is 3.45. The molecule has 0 spiro atoms. The van der Waals surface area contributed by atoms with Crippen LogP contribution in [-0.2, 0) is 0 Å². The van der Waals surface area contributed by atoms with E-state index in [0.29, 0.717) is 12.3 Å². The van der Waals surface area contributed by atoms with Gasteiger partial charge in [0, 0.05) is 23.6 Å². The molecule has 0 unspecified atom stereocenters. The number of hydrogen-bond donors (Lipinski definition) is 3. The molecular weight excluding hydrogens is 284 g/mol. The first-order valence-electron chi connectivity index (χ1n) is 5.44. The van der Waals surface area contributed by atoms with Crippen LogP contribution >= 0.6 is 15.9 Å². The van der Waals surface area contributed by atoms with Crippen LogP contribution in [0.1, 0.15) is 19.3 Å². The smallest absolute Gasteiger partial charge is 0.139 e. The lowest BCUT2D eigenvalue weighted by atomic mass is 10.0. The molecule has 0 aliphatic heterocycles. The van der Waals surface area contributed by atoms with Crippen molar-refractivity contribution in [1.29, 1.82) is 0 Å². The van der Waals surface area contributed by atoms with Crippen LogP contribution in [0.3, 0.4) is 0 Å². The van der Waals surface area contributed by atoms with Crippen molar-refractivity contribution < 1.29 is 5.21 Å². The lowest BCUT2D eigenvalue weighted by Crippen LogP contribution is -2.23. The minimum absolute atomic E-state index is 0.151. The van der Waals surface area contributed by atoms with E-state index in [-0.39, 0.29) is 5.41 Å². The van der Waals surface area contributed by atoms with Gasteiger partial charge < -0.3 is 16.3 Å². The summed E-state index contributed by atoms with van der Waals surface area (Å²) in [5.41, 5.74) is 6.67. The number of rotatable bonds is 5. The van der Waals surface area contributed by atoms with Crippen LogP contribution < -0.4 is 11.1 Å².